The minimum absolute atomic E-state index is 0.0155. The van der Waals surface area contributed by atoms with E-state index < -0.39 is 15.8 Å². The van der Waals surface area contributed by atoms with Crippen LogP contribution in [0.1, 0.15) is 0 Å². The van der Waals surface area contributed by atoms with E-state index in [1.54, 1.807) is 12.1 Å². The van der Waals surface area contributed by atoms with Gasteiger partial charge < -0.3 is 0 Å². The Kier molecular flexibility index (Phi) is 4.12. The molecule has 0 spiro atoms. The third-order valence-corrected chi connectivity index (χ3v) is 4.76. The average Bonchev–Trinajstić information content (AvgIpc) is 2.56. The number of nitrogens with one attached hydrogen (secondary N) is 1. The molecule has 0 heterocycles. The van der Waals surface area contributed by atoms with E-state index in [-0.39, 0.29) is 4.90 Å². The number of anilines is 1. The molecule has 3 aromatic carbocycles. The van der Waals surface area contributed by atoms with Gasteiger partial charge in [-0.25, -0.2) is 12.8 Å². The maximum absolute atomic E-state index is 13.0. The summed E-state index contributed by atoms with van der Waals surface area (Å²) >= 11 is 0. The number of para-hydroxylation sites is 1. The number of hydrogen-bond acceptors (Lipinski definition) is 2. The molecule has 0 aliphatic heterocycles. The highest BCUT2D eigenvalue weighted by Crippen LogP contribution is 2.29. The van der Waals surface area contributed by atoms with Crippen LogP contribution in [0.4, 0.5) is 10.1 Å². The Balaban J connectivity index is 1.99. The van der Waals surface area contributed by atoms with Crippen molar-refractivity contribution in [2.45, 2.75) is 4.90 Å². The molecule has 116 valence electrons. The van der Waals surface area contributed by atoms with Crippen LogP contribution in [0.3, 0.4) is 0 Å². The van der Waals surface area contributed by atoms with Crippen molar-refractivity contribution in [1.29, 1.82) is 0 Å². The zero-order valence-corrected chi connectivity index (χ0v) is 12.9. The molecular formula is C18H14FNO2S. The molecule has 3 nitrogen and oxygen atoms in total. The number of halogens is 1. The van der Waals surface area contributed by atoms with Crippen LogP contribution in [0, 0.1) is 5.82 Å². The third-order valence-electron chi connectivity index (χ3n) is 3.38. The largest absolute Gasteiger partial charge is 0.279 e. The van der Waals surface area contributed by atoms with E-state index in [1.165, 1.54) is 12.1 Å². The Bertz CT molecular complexity index is 907. The number of sulfonamides is 1. The van der Waals surface area contributed by atoms with Gasteiger partial charge in [0.25, 0.3) is 10.0 Å². The summed E-state index contributed by atoms with van der Waals surface area (Å²) in [5.41, 5.74) is 2.16. The summed E-state index contributed by atoms with van der Waals surface area (Å²) in [6.07, 6.45) is 0. The van der Waals surface area contributed by atoms with Crippen molar-refractivity contribution in [3.05, 3.63) is 84.7 Å². The van der Waals surface area contributed by atoms with Crippen molar-refractivity contribution in [1.82, 2.24) is 0 Å². The van der Waals surface area contributed by atoms with Crippen molar-refractivity contribution >= 4 is 15.7 Å². The molecule has 0 bridgehead atoms. The molecule has 0 amide bonds. The van der Waals surface area contributed by atoms with Gasteiger partial charge in [0, 0.05) is 5.56 Å². The third kappa shape index (κ3) is 3.40. The van der Waals surface area contributed by atoms with Gasteiger partial charge in [0.2, 0.25) is 0 Å². The Morgan fingerprint density at radius 1 is 0.739 bits per heavy atom. The normalized spacial score (nSPS) is 11.2. The number of hydrogen-bond donors (Lipinski definition) is 1. The lowest BCUT2D eigenvalue weighted by Gasteiger charge is -2.13. The first-order chi connectivity index (χ1) is 11.1. The highest BCUT2D eigenvalue weighted by molar-refractivity contribution is 7.92. The smallest absolute Gasteiger partial charge is 0.261 e. The summed E-state index contributed by atoms with van der Waals surface area (Å²) in [4.78, 5) is 0.0155. The van der Waals surface area contributed by atoms with Crippen LogP contribution in [0.5, 0.6) is 0 Å². The van der Waals surface area contributed by atoms with E-state index in [4.69, 9.17) is 0 Å². The summed E-state index contributed by atoms with van der Waals surface area (Å²) in [5.74, 6) is -0.478. The summed E-state index contributed by atoms with van der Waals surface area (Å²) < 4.78 is 40.5. The van der Waals surface area contributed by atoms with Gasteiger partial charge in [-0.1, -0.05) is 48.5 Å². The molecule has 0 aromatic heterocycles. The van der Waals surface area contributed by atoms with Gasteiger partial charge >= 0.3 is 0 Å². The standard InChI is InChI=1S/C18H14FNO2S/c19-15-10-12-16(13-11-15)23(21,22)20-18-9-5-4-8-17(18)14-6-2-1-3-7-14/h1-13,20H. The predicted octanol–water partition coefficient (Wildman–Crippen LogP) is 4.29. The minimum atomic E-state index is -3.78. The quantitative estimate of drug-likeness (QED) is 0.777. The van der Waals surface area contributed by atoms with Crippen molar-refractivity contribution in [2.75, 3.05) is 4.72 Å². The molecule has 0 saturated carbocycles. The SMILES string of the molecule is O=S(=O)(Nc1ccccc1-c1ccccc1)c1ccc(F)cc1. The lowest BCUT2D eigenvalue weighted by molar-refractivity contribution is 0.599. The molecular weight excluding hydrogens is 313 g/mol. The first-order valence-electron chi connectivity index (χ1n) is 6.99. The zero-order valence-electron chi connectivity index (χ0n) is 12.1. The van der Waals surface area contributed by atoms with E-state index >= 15 is 0 Å². The highest BCUT2D eigenvalue weighted by atomic mass is 32.2. The first-order valence-corrected chi connectivity index (χ1v) is 8.47. The van der Waals surface area contributed by atoms with Gasteiger partial charge in [-0.05, 0) is 35.9 Å². The molecule has 0 radical (unpaired) electrons. The van der Waals surface area contributed by atoms with Gasteiger partial charge in [-0.15, -0.1) is 0 Å². The van der Waals surface area contributed by atoms with Crippen LogP contribution in [0.2, 0.25) is 0 Å². The maximum Gasteiger partial charge on any atom is 0.261 e. The molecule has 23 heavy (non-hydrogen) atoms. The monoisotopic (exact) mass is 327 g/mol. The van der Waals surface area contributed by atoms with Crippen molar-refractivity contribution in [2.24, 2.45) is 0 Å². The lowest BCUT2D eigenvalue weighted by Crippen LogP contribution is -2.13. The number of benzene rings is 3. The Morgan fingerprint density at radius 3 is 2.04 bits per heavy atom. The second-order valence-corrected chi connectivity index (χ2v) is 6.65. The average molecular weight is 327 g/mol. The van der Waals surface area contributed by atoms with E-state index in [0.717, 1.165) is 23.3 Å². The number of rotatable bonds is 4. The minimum Gasteiger partial charge on any atom is -0.279 e. The summed E-state index contributed by atoms with van der Waals surface area (Å²) in [7, 11) is -3.78. The molecule has 3 rings (SSSR count). The van der Waals surface area contributed by atoms with Crippen molar-refractivity contribution < 1.29 is 12.8 Å². The molecule has 0 fully saturated rings. The van der Waals surface area contributed by atoms with E-state index in [9.17, 15) is 12.8 Å². The molecule has 3 aromatic rings. The molecule has 0 aliphatic rings. The summed E-state index contributed by atoms with van der Waals surface area (Å²) in [5, 5.41) is 0. The second-order valence-electron chi connectivity index (χ2n) is 4.97. The fraction of sp³-hybridized carbons (Fsp3) is 0. The summed E-state index contributed by atoms with van der Waals surface area (Å²) in [6, 6.07) is 21.4. The first kappa shape index (κ1) is 15.2. The van der Waals surface area contributed by atoms with E-state index in [1.807, 2.05) is 42.5 Å². The van der Waals surface area contributed by atoms with E-state index in [2.05, 4.69) is 4.72 Å². The predicted molar refractivity (Wildman–Crippen MR) is 89.1 cm³/mol. The van der Waals surface area contributed by atoms with E-state index in [0.29, 0.717) is 5.69 Å². The molecule has 0 unspecified atom stereocenters. The van der Waals surface area contributed by atoms with Crippen molar-refractivity contribution in [3.63, 3.8) is 0 Å². The van der Waals surface area contributed by atoms with Crippen LogP contribution in [-0.4, -0.2) is 8.42 Å². The van der Waals surface area contributed by atoms with Crippen LogP contribution in [0.25, 0.3) is 11.1 Å². The van der Waals surface area contributed by atoms with Crippen LogP contribution < -0.4 is 4.72 Å². The van der Waals surface area contributed by atoms with Gasteiger partial charge in [0.05, 0.1) is 10.6 Å². The maximum atomic E-state index is 13.0. The fourth-order valence-corrected chi connectivity index (χ4v) is 3.34. The molecule has 0 atom stereocenters. The summed E-state index contributed by atoms with van der Waals surface area (Å²) in [6.45, 7) is 0. The molecule has 5 heteroatoms. The van der Waals surface area contributed by atoms with Gasteiger partial charge in [-0.2, -0.15) is 0 Å². The highest BCUT2D eigenvalue weighted by Gasteiger charge is 2.16. The lowest BCUT2D eigenvalue weighted by atomic mass is 10.0. The van der Waals surface area contributed by atoms with Crippen LogP contribution in [0.15, 0.2) is 83.8 Å². The van der Waals surface area contributed by atoms with Crippen LogP contribution >= 0.6 is 0 Å². The fourth-order valence-electron chi connectivity index (χ4n) is 2.26. The Labute approximate surface area is 134 Å². The van der Waals surface area contributed by atoms with Gasteiger partial charge in [0.15, 0.2) is 0 Å². The molecule has 0 aliphatic carbocycles. The Morgan fingerprint density at radius 2 is 1.35 bits per heavy atom. The second kappa shape index (κ2) is 6.22. The topological polar surface area (TPSA) is 46.2 Å². The van der Waals surface area contributed by atoms with Gasteiger partial charge in [0.1, 0.15) is 5.82 Å². The molecule has 0 saturated heterocycles. The Hall–Kier alpha value is -2.66. The van der Waals surface area contributed by atoms with Crippen LogP contribution in [-0.2, 0) is 10.0 Å². The molecule has 1 N–H and O–H groups in total. The zero-order chi connectivity index (χ0) is 16.3. The van der Waals surface area contributed by atoms with Gasteiger partial charge in [-0.3, -0.25) is 4.72 Å². The van der Waals surface area contributed by atoms with Crippen molar-refractivity contribution in [3.8, 4) is 11.1 Å².